The molecule has 3 heterocycles. The van der Waals surface area contributed by atoms with E-state index in [2.05, 4.69) is 27.4 Å². The lowest BCUT2D eigenvalue weighted by molar-refractivity contribution is -0.127. The van der Waals surface area contributed by atoms with Crippen LogP contribution < -0.4 is 10.1 Å². The van der Waals surface area contributed by atoms with E-state index in [4.69, 9.17) is 16.3 Å². The zero-order valence-corrected chi connectivity index (χ0v) is 19.3. The Morgan fingerprint density at radius 3 is 2.56 bits per heavy atom. The summed E-state index contributed by atoms with van der Waals surface area (Å²) in [5, 5.41) is 10.7. The van der Waals surface area contributed by atoms with Gasteiger partial charge in [-0.2, -0.15) is 5.10 Å². The lowest BCUT2D eigenvalue weighted by atomic mass is 9.86. The lowest BCUT2D eigenvalue weighted by Crippen LogP contribution is -2.46. The van der Waals surface area contributed by atoms with Crippen molar-refractivity contribution in [2.45, 2.75) is 51.5 Å². The number of piperidine rings is 1. The third-order valence-corrected chi connectivity index (χ3v) is 6.94. The summed E-state index contributed by atoms with van der Waals surface area (Å²) < 4.78 is 5.15. The number of hydrogen-bond acceptors (Lipinski definition) is 5. The molecule has 32 heavy (non-hydrogen) atoms. The fourth-order valence-electron chi connectivity index (χ4n) is 4.54. The molecule has 2 aliphatic rings. The average Bonchev–Trinajstić information content (AvgIpc) is 3.30. The highest BCUT2D eigenvalue weighted by atomic mass is 35.5. The van der Waals surface area contributed by atoms with E-state index in [1.807, 2.05) is 0 Å². The van der Waals surface area contributed by atoms with Crippen molar-refractivity contribution in [1.29, 1.82) is 0 Å². The number of H-pyrrole nitrogens is 1. The summed E-state index contributed by atoms with van der Waals surface area (Å²) in [7, 11) is 1.53. The van der Waals surface area contributed by atoms with Gasteiger partial charge in [-0.1, -0.05) is 18.5 Å². The molecule has 0 atom stereocenters. The SMILES string of the molecule is COc1cc(-c2cc(C(=O)N3CCC(C(=O)N[C@H]4CC[C@@H](C)CC4)CC3)n[nH]2)c(Cl)cn1. The van der Waals surface area contributed by atoms with Crippen LogP contribution in [0.2, 0.25) is 5.02 Å². The van der Waals surface area contributed by atoms with Gasteiger partial charge in [0.1, 0.15) is 0 Å². The highest BCUT2D eigenvalue weighted by molar-refractivity contribution is 6.33. The van der Waals surface area contributed by atoms with Gasteiger partial charge in [-0.3, -0.25) is 14.7 Å². The molecule has 1 aliphatic heterocycles. The molecule has 1 saturated carbocycles. The van der Waals surface area contributed by atoms with Gasteiger partial charge in [0.05, 0.1) is 24.0 Å². The van der Waals surface area contributed by atoms with Crippen molar-refractivity contribution in [2.24, 2.45) is 11.8 Å². The molecule has 0 aromatic carbocycles. The standard InChI is InChI=1S/C23H30ClN5O3/c1-14-3-5-16(6-4-14)26-22(30)15-7-9-29(10-8-15)23(31)20-12-19(27-28-20)17-11-21(32-2)25-13-18(17)24/h11-16H,3-10H2,1-2H3,(H,26,30)(H,27,28)/t14-,16+. The summed E-state index contributed by atoms with van der Waals surface area (Å²) in [5.41, 5.74) is 1.61. The van der Waals surface area contributed by atoms with Crippen LogP contribution in [-0.2, 0) is 4.79 Å². The topological polar surface area (TPSA) is 100 Å². The summed E-state index contributed by atoms with van der Waals surface area (Å²) in [4.78, 5) is 31.5. The van der Waals surface area contributed by atoms with Gasteiger partial charge in [-0.05, 0) is 50.5 Å². The molecular formula is C23H30ClN5O3. The maximum atomic E-state index is 12.9. The fourth-order valence-corrected chi connectivity index (χ4v) is 4.74. The first-order chi connectivity index (χ1) is 15.4. The van der Waals surface area contributed by atoms with Gasteiger partial charge in [-0.15, -0.1) is 0 Å². The van der Waals surface area contributed by atoms with E-state index in [0.717, 1.165) is 18.8 Å². The number of methoxy groups -OCH3 is 1. The van der Waals surface area contributed by atoms with Crippen molar-refractivity contribution < 1.29 is 14.3 Å². The van der Waals surface area contributed by atoms with Gasteiger partial charge < -0.3 is 15.0 Å². The predicted octanol–water partition coefficient (Wildman–Crippen LogP) is 3.68. The smallest absolute Gasteiger partial charge is 0.274 e. The second-order valence-electron chi connectivity index (χ2n) is 8.91. The molecule has 4 rings (SSSR count). The molecule has 2 N–H and O–H groups in total. The zero-order valence-electron chi connectivity index (χ0n) is 18.6. The summed E-state index contributed by atoms with van der Waals surface area (Å²) in [5.74, 6) is 1.15. The largest absolute Gasteiger partial charge is 0.481 e. The van der Waals surface area contributed by atoms with Gasteiger partial charge in [0, 0.05) is 36.7 Å². The number of aromatic nitrogens is 3. The van der Waals surface area contributed by atoms with Crippen molar-refractivity contribution in [1.82, 2.24) is 25.4 Å². The first kappa shape index (κ1) is 22.6. The molecule has 8 nitrogen and oxygen atoms in total. The van der Waals surface area contributed by atoms with Crippen molar-refractivity contribution >= 4 is 23.4 Å². The summed E-state index contributed by atoms with van der Waals surface area (Å²) in [6.45, 7) is 3.37. The van der Waals surface area contributed by atoms with Gasteiger partial charge in [-0.25, -0.2) is 4.98 Å². The number of carbonyl (C=O) groups excluding carboxylic acids is 2. The molecule has 2 aromatic rings. The Labute approximate surface area is 193 Å². The third-order valence-electron chi connectivity index (χ3n) is 6.64. The molecule has 0 bridgehead atoms. The van der Waals surface area contributed by atoms with Gasteiger partial charge in [0.25, 0.3) is 5.91 Å². The molecule has 1 aliphatic carbocycles. The highest BCUT2D eigenvalue weighted by Crippen LogP contribution is 2.30. The van der Waals surface area contributed by atoms with E-state index in [-0.39, 0.29) is 17.7 Å². The average molecular weight is 460 g/mol. The molecule has 172 valence electrons. The van der Waals surface area contributed by atoms with Crippen molar-refractivity contribution in [3.05, 3.63) is 29.0 Å². The van der Waals surface area contributed by atoms with Gasteiger partial charge in [0.2, 0.25) is 11.8 Å². The molecule has 9 heteroatoms. The minimum Gasteiger partial charge on any atom is -0.481 e. The number of rotatable bonds is 5. The van der Waals surface area contributed by atoms with E-state index in [1.54, 1.807) is 17.0 Å². The Bertz CT molecular complexity index is 962. The minimum absolute atomic E-state index is 0.0313. The van der Waals surface area contributed by atoms with Crippen LogP contribution in [0.15, 0.2) is 18.3 Å². The number of hydrogen-bond donors (Lipinski definition) is 2. The van der Waals surface area contributed by atoms with Crippen LogP contribution in [0.5, 0.6) is 5.88 Å². The first-order valence-corrected chi connectivity index (χ1v) is 11.7. The van der Waals surface area contributed by atoms with Crippen LogP contribution in [0.4, 0.5) is 0 Å². The number of nitrogens with zero attached hydrogens (tertiary/aromatic N) is 3. The monoisotopic (exact) mass is 459 g/mol. The Balaban J connectivity index is 1.33. The lowest BCUT2D eigenvalue weighted by Gasteiger charge is -2.33. The van der Waals surface area contributed by atoms with E-state index in [0.29, 0.717) is 59.8 Å². The number of ether oxygens (including phenoxy) is 1. The van der Waals surface area contributed by atoms with Crippen LogP contribution in [0.25, 0.3) is 11.3 Å². The molecule has 2 amide bonds. The number of aromatic amines is 1. The Morgan fingerprint density at radius 1 is 1.16 bits per heavy atom. The van der Waals surface area contributed by atoms with Gasteiger partial charge in [0.15, 0.2) is 5.69 Å². The number of amides is 2. The number of carbonyl (C=O) groups is 2. The van der Waals surface area contributed by atoms with Crippen LogP contribution in [-0.4, -0.2) is 58.1 Å². The zero-order chi connectivity index (χ0) is 22.7. The Morgan fingerprint density at radius 2 is 1.88 bits per heavy atom. The Hall–Kier alpha value is -2.61. The summed E-state index contributed by atoms with van der Waals surface area (Å²) in [6, 6.07) is 3.69. The van der Waals surface area contributed by atoms with Crippen LogP contribution in [0.1, 0.15) is 55.9 Å². The molecule has 2 fully saturated rings. The second kappa shape index (κ2) is 9.90. The highest BCUT2D eigenvalue weighted by Gasteiger charge is 2.30. The molecule has 0 unspecified atom stereocenters. The fraction of sp³-hybridized carbons (Fsp3) is 0.565. The summed E-state index contributed by atoms with van der Waals surface area (Å²) in [6.07, 6.45) is 7.35. The van der Waals surface area contributed by atoms with Gasteiger partial charge >= 0.3 is 0 Å². The first-order valence-electron chi connectivity index (χ1n) is 11.3. The van der Waals surface area contributed by atoms with E-state index in [1.165, 1.54) is 26.1 Å². The maximum Gasteiger partial charge on any atom is 0.274 e. The Kier molecular flexibility index (Phi) is 6.98. The van der Waals surface area contributed by atoms with Crippen LogP contribution >= 0.6 is 11.6 Å². The molecular weight excluding hydrogens is 430 g/mol. The van der Waals surface area contributed by atoms with Crippen LogP contribution in [0, 0.1) is 11.8 Å². The van der Waals surface area contributed by atoms with E-state index >= 15 is 0 Å². The second-order valence-corrected chi connectivity index (χ2v) is 9.31. The maximum absolute atomic E-state index is 12.9. The van der Waals surface area contributed by atoms with Crippen molar-refractivity contribution in [3.63, 3.8) is 0 Å². The number of likely N-dealkylation sites (tertiary alicyclic amines) is 1. The quantitative estimate of drug-likeness (QED) is 0.710. The third kappa shape index (κ3) is 5.06. The number of pyridine rings is 1. The minimum atomic E-state index is -0.148. The molecule has 0 spiro atoms. The van der Waals surface area contributed by atoms with E-state index in [9.17, 15) is 9.59 Å². The summed E-state index contributed by atoms with van der Waals surface area (Å²) >= 11 is 6.25. The van der Waals surface area contributed by atoms with E-state index < -0.39 is 0 Å². The number of nitrogens with one attached hydrogen (secondary N) is 2. The molecule has 2 aromatic heterocycles. The normalized spacial score (nSPS) is 21.9. The predicted molar refractivity (Wildman–Crippen MR) is 122 cm³/mol. The van der Waals surface area contributed by atoms with Crippen molar-refractivity contribution in [3.8, 4) is 17.1 Å². The van der Waals surface area contributed by atoms with Crippen LogP contribution in [0.3, 0.4) is 0 Å². The number of halogens is 1. The molecule has 1 saturated heterocycles. The van der Waals surface area contributed by atoms with Crippen molar-refractivity contribution in [2.75, 3.05) is 20.2 Å². The molecule has 0 radical (unpaired) electrons.